The van der Waals surface area contributed by atoms with Gasteiger partial charge in [0.1, 0.15) is 0 Å². The molecule has 0 saturated heterocycles. The Balaban J connectivity index is 1.72. The molecule has 0 radical (unpaired) electrons. The number of hydrogen-bond acceptors (Lipinski definition) is 1. The zero-order valence-electron chi connectivity index (χ0n) is 14.8. The molecule has 2 saturated carbocycles. The summed E-state index contributed by atoms with van der Waals surface area (Å²) in [5.41, 5.74) is 1.37. The Bertz CT molecular complexity index is 598. The highest BCUT2D eigenvalue weighted by Gasteiger charge is 2.41. The number of hydrogen-bond donors (Lipinski definition) is 1. The molecule has 0 spiro atoms. The van der Waals surface area contributed by atoms with Crippen molar-refractivity contribution in [3.63, 3.8) is 0 Å². The molecule has 1 N–H and O–H groups in total. The van der Waals surface area contributed by atoms with Crippen LogP contribution in [0.4, 0.5) is 0 Å². The Morgan fingerprint density at radius 2 is 1.83 bits per heavy atom. The lowest BCUT2D eigenvalue weighted by atomic mass is 9.76. The van der Waals surface area contributed by atoms with E-state index >= 15 is 0 Å². The summed E-state index contributed by atoms with van der Waals surface area (Å²) in [6.07, 6.45) is 7.66. The lowest BCUT2D eigenvalue weighted by Gasteiger charge is -2.29. The molecule has 2 aliphatic carbocycles. The summed E-state index contributed by atoms with van der Waals surface area (Å²) in [6.45, 7) is 6.13. The average Bonchev–Trinajstić information content (AvgIpc) is 2.84. The number of fused-ring (bicyclic) bond motifs is 1. The molecule has 1 nitrogen and oxygen atoms in total. The maximum absolute atomic E-state index is 10.3. The summed E-state index contributed by atoms with van der Waals surface area (Å²) in [6, 6.07) is 8.16. The van der Waals surface area contributed by atoms with E-state index in [9.17, 15) is 5.11 Å². The predicted molar refractivity (Wildman–Crippen MR) is 95.9 cm³/mol. The van der Waals surface area contributed by atoms with Crippen molar-refractivity contribution in [3.05, 3.63) is 35.4 Å². The van der Waals surface area contributed by atoms with Gasteiger partial charge in [-0.2, -0.15) is 0 Å². The predicted octanol–water partition coefficient (Wildman–Crippen LogP) is 4.92. The van der Waals surface area contributed by atoms with E-state index in [1.807, 2.05) is 32.0 Å². The van der Waals surface area contributed by atoms with Crippen LogP contribution in [-0.2, 0) is 12.0 Å². The Labute approximate surface area is 141 Å². The molecule has 1 heteroatoms. The van der Waals surface area contributed by atoms with E-state index in [0.29, 0.717) is 5.92 Å². The van der Waals surface area contributed by atoms with Gasteiger partial charge in [0.05, 0.1) is 5.60 Å². The van der Waals surface area contributed by atoms with E-state index in [4.69, 9.17) is 0 Å². The Hall–Kier alpha value is -1.26. The van der Waals surface area contributed by atoms with Crippen molar-refractivity contribution in [2.45, 2.75) is 64.9 Å². The van der Waals surface area contributed by atoms with Gasteiger partial charge in [0.25, 0.3) is 0 Å². The minimum absolute atomic E-state index is 0.601. The van der Waals surface area contributed by atoms with Crippen LogP contribution in [0.2, 0.25) is 0 Å². The first-order valence-corrected chi connectivity index (χ1v) is 9.26. The first-order chi connectivity index (χ1) is 11.0. The fourth-order valence-corrected chi connectivity index (χ4v) is 4.86. The van der Waals surface area contributed by atoms with Crippen LogP contribution in [0.5, 0.6) is 0 Å². The van der Waals surface area contributed by atoms with Gasteiger partial charge >= 0.3 is 0 Å². The van der Waals surface area contributed by atoms with Gasteiger partial charge in [-0.25, -0.2) is 0 Å². The maximum atomic E-state index is 10.3. The fourth-order valence-electron chi connectivity index (χ4n) is 4.86. The minimum atomic E-state index is -0.797. The second kappa shape index (κ2) is 6.70. The van der Waals surface area contributed by atoms with Gasteiger partial charge in [0.2, 0.25) is 0 Å². The van der Waals surface area contributed by atoms with E-state index in [1.165, 1.54) is 37.7 Å². The lowest BCUT2D eigenvalue weighted by Crippen LogP contribution is -2.20. The molecule has 0 bridgehead atoms. The van der Waals surface area contributed by atoms with Gasteiger partial charge in [-0.3, -0.25) is 0 Å². The second-order valence-corrected chi connectivity index (χ2v) is 8.15. The van der Waals surface area contributed by atoms with E-state index in [-0.39, 0.29) is 0 Å². The van der Waals surface area contributed by atoms with E-state index in [0.717, 1.165) is 29.7 Å². The quantitative estimate of drug-likeness (QED) is 0.769. The monoisotopic (exact) mass is 310 g/mol. The molecule has 0 amide bonds. The molecule has 4 atom stereocenters. The van der Waals surface area contributed by atoms with E-state index < -0.39 is 5.60 Å². The van der Waals surface area contributed by atoms with Crippen molar-refractivity contribution in [2.75, 3.05) is 0 Å². The Morgan fingerprint density at radius 3 is 2.57 bits per heavy atom. The van der Waals surface area contributed by atoms with Crippen LogP contribution in [0.25, 0.3) is 0 Å². The summed E-state index contributed by atoms with van der Waals surface area (Å²) in [4.78, 5) is 0. The molecule has 124 valence electrons. The Kier molecular flexibility index (Phi) is 4.83. The number of benzene rings is 1. The highest BCUT2D eigenvalue weighted by molar-refractivity contribution is 5.34. The largest absolute Gasteiger partial charge is 0.386 e. The molecular weight excluding hydrogens is 280 g/mol. The highest BCUT2D eigenvalue weighted by atomic mass is 16.3. The topological polar surface area (TPSA) is 20.2 Å². The molecule has 1 aromatic rings. The maximum Gasteiger partial charge on any atom is 0.0843 e. The second-order valence-electron chi connectivity index (χ2n) is 8.15. The summed E-state index contributed by atoms with van der Waals surface area (Å²) in [5, 5.41) is 10.3. The third kappa shape index (κ3) is 3.64. The first-order valence-electron chi connectivity index (χ1n) is 9.26. The van der Waals surface area contributed by atoms with Crippen molar-refractivity contribution >= 4 is 0 Å². The number of aliphatic hydroxyl groups is 1. The van der Waals surface area contributed by atoms with Gasteiger partial charge in [-0.15, -0.1) is 0 Å². The standard InChI is InChI=1S/C22H30O/c1-16-15-18(20-13-6-5-12-19(16)20)11-8-10-17-9-4-7-14-21(17)22(2,3)23/h4,7,9,14,16,18-20,23H,5-6,10,12-13,15H2,1-3H3/t16-,18?,19?,20?/m1/s1. The normalized spacial score (nSPS) is 30.4. The number of rotatable bonds is 2. The van der Waals surface area contributed by atoms with E-state index in [1.54, 1.807) is 0 Å². The van der Waals surface area contributed by atoms with Crippen molar-refractivity contribution in [2.24, 2.45) is 23.7 Å². The zero-order valence-corrected chi connectivity index (χ0v) is 14.8. The zero-order chi connectivity index (χ0) is 16.4. The molecular formula is C22H30O. The van der Waals surface area contributed by atoms with Gasteiger partial charge < -0.3 is 5.11 Å². The molecule has 0 aliphatic heterocycles. The summed E-state index contributed by atoms with van der Waals surface area (Å²) >= 11 is 0. The SMILES string of the molecule is C[C@@H]1CC(C#CCc2ccccc2C(C)(C)O)C2CCCCC21. The van der Waals surface area contributed by atoms with Crippen molar-refractivity contribution in [3.8, 4) is 11.8 Å². The van der Waals surface area contributed by atoms with Crippen molar-refractivity contribution in [1.82, 2.24) is 0 Å². The first kappa shape index (κ1) is 16.6. The van der Waals surface area contributed by atoms with Crippen LogP contribution in [0.1, 0.15) is 64.0 Å². The van der Waals surface area contributed by atoms with Crippen LogP contribution in [0, 0.1) is 35.5 Å². The van der Waals surface area contributed by atoms with Crippen molar-refractivity contribution < 1.29 is 5.11 Å². The average molecular weight is 310 g/mol. The van der Waals surface area contributed by atoms with Crippen LogP contribution < -0.4 is 0 Å². The summed E-state index contributed by atoms with van der Waals surface area (Å²) in [5.74, 6) is 10.3. The van der Waals surface area contributed by atoms with Crippen LogP contribution in [-0.4, -0.2) is 5.11 Å². The molecule has 2 aliphatic rings. The van der Waals surface area contributed by atoms with Gasteiger partial charge in [-0.05, 0) is 62.0 Å². The fraction of sp³-hybridized carbons (Fsp3) is 0.636. The molecule has 3 unspecified atom stereocenters. The third-order valence-corrected chi connectivity index (χ3v) is 5.99. The molecule has 1 aromatic carbocycles. The van der Waals surface area contributed by atoms with Gasteiger partial charge in [0, 0.05) is 12.3 Å². The highest BCUT2D eigenvalue weighted by Crippen LogP contribution is 2.48. The molecule has 3 rings (SSSR count). The molecule has 0 heterocycles. The third-order valence-electron chi connectivity index (χ3n) is 5.99. The Morgan fingerprint density at radius 1 is 1.13 bits per heavy atom. The minimum Gasteiger partial charge on any atom is -0.386 e. The molecule has 23 heavy (non-hydrogen) atoms. The summed E-state index contributed by atoms with van der Waals surface area (Å²) < 4.78 is 0. The van der Waals surface area contributed by atoms with Crippen molar-refractivity contribution in [1.29, 1.82) is 0 Å². The van der Waals surface area contributed by atoms with Gasteiger partial charge in [0.15, 0.2) is 0 Å². The lowest BCUT2D eigenvalue weighted by molar-refractivity contribution is 0.0778. The van der Waals surface area contributed by atoms with Crippen LogP contribution in [0.15, 0.2) is 24.3 Å². The summed E-state index contributed by atoms with van der Waals surface area (Å²) in [7, 11) is 0. The van der Waals surface area contributed by atoms with E-state index in [2.05, 4.69) is 24.8 Å². The van der Waals surface area contributed by atoms with Gasteiger partial charge in [-0.1, -0.05) is 55.9 Å². The van der Waals surface area contributed by atoms with Crippen LogP contribution in [0.3, 0.4) is 0 Å². The smallest absolute Gasteiger partial charge is 0.0843 e. The molecule has 0 aromatic heterocycles. The molecule has 2 fully saturated rings. The van der Waals surface area contributed by atoms with Crippen LogP contribution >= 0.6 is 0 Å².